The highest BCUT2D eigenvalue weighted by Gasteiger charge is 2.41. The highest BCUT2D eigenvalue weighted by atomic mass is 16.6. The second-order valence-corrected chi connectivity index (χ2v) is 3.88. The fraction of sp³-hybridized carbons (Fsp3) is 0.250. The first-order valence-electron chi connectivity index (χ1n) is 4.90. The topological polar surface area (TPSA) is 35.5 Å². The summed E-state index contributed by atoms with van der Waals surface area (Å²) < 4.78 is 11.0. The van der Waals surface area contributed by atoms with Gasteiger partial charge in [0.25, 0.3) is 0 Å². The van der Waals surface area contributed by atoms with Gasteiger partial charge >= 0.3 is 0 Å². The Balaban J connectivity index is 2.06. The fourth-order valence-electron chi connectivity index (χ4n) is 1.99. The molecule has 0 amide bonds. The van der Waals surface area contributed by atoms with Crippen LogP contribution in [0.3, 0.4) is 0 Å². The zero-order valence-electron chi connectivity index (χ0n) is 8.10. The van der Waals surface area contributed by atoms with Gasteiger partial charge in [-0.2, -0.15) is 0 Å². The molecule has 0 fully saturated rings. The van der Waals surface area contributed by atoms with Gasteiger partial charge in [-0.3, -0.25) is 4.79 Å². The maximum Gasteiger partial charge on any atom is 0.171 e. The lowest BCUT2D eigenvalue weighted by Gasteiger charge is -2.31. The summed E-state index contributed by atoms with van der Waals surface area (Å²) in [6.07, 6.45) is 3.78. The van der Waals surface area contributed by atoms with E-state index in [9.17, 15) is 4.79 Å². The van der Waals surface area contributed by atoms with Gasteiger partial charge in [-0.25, -0.2) is 0 Å². The molecule has 0 radical (unpaired) electrons. The molecule has 3 heteroatoms. The molecule has 0 aliphatic carbocycles. The van der Waals surface area contributed by atoms with Crippen molar-refractivity contribution in [3.05, 3.63) is 42.2 Å². The van der Waals surface area contributed by atoms with Crippen molar-refractivity contribution in [1.82, 2.24) is 0 Å². The van der Waals surface area contributed by atoms with E-state index in [1.807, 2.05) is 24.3 Å². The molecule has 1 aromatic rings. The van der Waals surface area contributed by atoms with Gasteiger partial charge in [0.05, 0.1) is 18.2 Å². The van der Waals surface area contributed by atoms with Gasteiger partial charge in [0.1, 0.15) is 12.4 Å². The van der Waals surface area contributed by atoms with Crippen molar-refractivity contribution in [2.24, 2.45) is 0 Å². The van der Waals surface area contributed by atoms with E-state index in [0.717, 1.165) is 0 Å². The molecule has 1 atom stereocenters. The molecule has 2 heterocycles. The lowest BCUT2D eigenvalue weighted by molar-refractivity contribution is 0.0442. The highest BCUT2D eigenvalue weighted by Crippen LogP contribution is 2.35. The number of ether oxygens (including phenoxy) is 2. The van der Waals surface area contributed by atoms with Crippen molar-refractivity contribution in [3.63, 3.8) is 0 Å². The number of fused-ring (bicyclic) bond motifs is 1. The van der Waals surface area contributed by atoms with E-state index in [-0.39, 0.29) is 5.78 Å². The predicted octanol–water partition coefficient (Wildman–Crippen LogP) is 1.93. The first-order valence-corrected chi connectivity index (χ1v) is 4.90. The molecule has 1 unspecified atom stereocenters. The Bertz CT molecular complexity index is 450. The smallest absolute Gasteiger partial charge is 0.171 e. The normalized spacial score (nSPS) is 27.3. The Morgan fingerprint density at radius 2 is 2.13 bits per heavy atom. The molecular formula is C12H10O3. The molecule has 0 N–H and O–H groups in total. The maximum absolute atomic E-state index is 11.9. The van der Waals surface area contributed by atoms with Gasteiger partial charge in [-0.05, 0) is 18.2 Å². The van der Waals surface area contributed by atoms with Crippen LogP contribution in [-0.4, -0.2) is 18.0 Å². The van der Waals surface area contributed by atoms with Crippen LogP contribution >= 0.6 is 0 Å². The minimum atomic E-state index is -0.564. The van der Waals surface area contributed by atoms with Crippen LogP contribution in [-0.2, 0) is 4.74 Å². The second kappa shape index (κ2) is 2.86. The summed E-state index contributed by atoms with van der Waals surface area (Å²) in [6.45, 7) is 0.424. The molecule has 3 nitrogen and oxygen atoms in total. The van der Waals surface area contributed by atoms with Crippen LogP contribution in [0, 0.1) is 0 Å². The molecule has 2 aliphatic rings. The van der Waals surface area contributed by atoms with E-state index < -0.39 is 5.60 Å². The zero-order valence-corrected chi connectivity index (χ0v) is 8.10. The van der Waals surface area contributed by atoms with Crippen molar-refractivity contribution in [1.29, 1.82) is 0 Å². The molecule has 0 saturated heterocycles. The Labute approximate surface area is 87.3 Å². The van der Waals surface area contributed by atoms with Crippen molar-refractivity contribution < 1.29 is 14.3 Å². The first kappa shape index (κ1) is 8.53. The number of hydrogen-bond donors (Lipinski definition) is 0. The summed E-state index contributed by atoms with van der Waals surface area (Å²) in [5.41, 5.74) is 0.106. The summed E-state index contributed by atoms with van der Waals surface area (Å²) in [5, 5.41) is 0. The summed E-state index contributed by atoms with van der Waals surface area (Å²) in [4.78, 5) is 11.9. The molecule has 15 heavy (non-hydrogen) atoms. The van der Waals surface area contributed by atoms with E-state index in [4.69, 9.17) is 9.47 Å². The summed E-state index contributed by atoms with van der Waals surface area (Å²) >= 11 is 0. The van der Waals surface area contributed by atoms with Gasteiger partial charge in [0.2, 0.25) is 0 Å². The largest absolute Gasteiger partial charge is 0.497 e. The number of benzene rings is 1. The van der Waals surface area contributed by atoms with Crippen LogP contribution in [0.5, 0.6) is 5.75 Å². The van der Waals surface area contributed by atoms with Gasteiger partial charge in [-0.15, -0.1) is 0 Å². The monoisotopic (exact) mass is 202 g/mol. The SMILES string of the molecule is O=C1CC2(C=COC2)Oc2ccccc21. The third-order valence-corrected chi connectivity index (χ3v) is 2.76. The quantitative estimate of drug-likeness (QED) is 0.644. The average Bonchev–Trinajstić information content (AvgIpc) is 2.66. The van der Waals surface area contributed by atoms with Gasteiger partial charge in [-0.1, -0.05) is 12.1 Å². The molecule has 0 saturated carbocycles. The third kappa shape index (κ3) is 1.23. The van der Waals surface area contributed by atoms with E-state index >= 15 is 0 Å². The molecule has 76 valence electrons. The van der Waals surface area contributed by atoms with Crippen LogP contribution in [0.2, 0.25) is 0 Å². The number of hydrogen-bond acceptors (Lipinski definition) is 3. The Morgan fingerprint density at radius 1 is 1.27 bits per heavy atom. The number of ketones is 1. The Hall–Kier alpha value is -1.77. The number of para-hydroxylation sites is 1. The zero-order chi connectivity index (χ0) is 10.3. The minimum absolute atomic E-state index is 0.118. The number of carbonyl (C=O) groups is 1. The van der Waals surface area contributed by atoms with Crippen LogP contribution < -0.4 is 4.74 Å². The molecule has 3 rings (SSSR count). The van der Waals surface area contributed by atoms with E-state index in [0.29, 0.717) is 24.3 Å². The van der Waals surface area contributed by atoms with Crippen molar-refractivity contribution in [2.75, 3.05) is 6.61 Å². The molecular weight excluding hydrogens is 192 g/mol. The third-order valence-electron chi connectivity index (χ3n) is 2.76. The summed E-state index contributed by atoms with van der Waals surface area (Å²) in [5.74, 6) is 0.774. The van der Waals surface area contributed by atoms with E-state index in [1.54, 1.807) is 12.3 Å². The van der Waals surface area contributed by atoms with Crippen LogP contribution in [0.1, 0.15) is 16.8 Å². The van der Waals surface area contributed by atoms with Gasteiger partial charge in [0.15, 0.2) is 11.4 Å². The Kier molecular flexibility index (Phi) is 1.63. The van der Waals surface area contributed by atoms with Crippen molar-refractivity contribution >= 4 is 5.78 Å². The molecule has 1 spiro atoms. The highest BCUT2D eigenvalue weighted by molar-refractivity contribution is 6.00. The van der Waals surface area contributed by atoms with Crippen LogP contribution in [0.4, 0.5) is 0 Å². The van der Waals surface area contributed by atoms with Crippen LogP contribution in [0.15, 0.2) is 36.6 Å². The van der Waals surface area contributed by atoms with E-state index in [1.165, 1.54) is 0 Å². The number of Topliss-reactive ketones (excluding diaryl/α,β-unsaturated/α-hetero) is 1. The molecule has 0 aromatic heterocycles. The molecule has 2 aliphatic heterocycles. The van der Waals surface area contributed by atoms with Crippen LogP contribution in [0.25, 0.3) is 0 Å². The Morgan fingerprint density at radius 3 is 2.93 bits per heavy atom. The van der Waals surface area contributed by atoms with Gasteiger partial charge < -0.3 is 9.47 Å². The lowest BCUT2D eigenvalue weighted by Crippen LogP contribution is -2.41. The van der Waals surface area contributed by atoms with Crippen molar-refractivity contribution in [3.8, 4) is 5.75 Å². The first-order chi connectivity index (χ1) is 7.29. The van der Waals surface area contributed by atoms with Gasteiger partial charge in [0, 0.05) is 0 Å². The molecule has 0 bridgehead atoms. The van der Waals surface area contributed by atoms with Crippen molar-refractivity contribution in [2.45, 2.75) is 12.0 Å². The molecule has 1 aromatic carbocycles. The minimum Gasteiger partial charge on any atom is -0.497 e. The lowest BCUT2D eigenvalue weighted by atomic mass is 9.91. The fourth-order valence-corrected chi connectivity index (χ4v) is 1.99. The average molecular weight is 202 g/mol. The second-order valence-electron chi connectivity index (χ2n) is 3.88. The standard InChI is InChI=1S/C12H10O3/c13-10-7-12(5-6-14-8-12)15-11-4-2-1-3-9(10)11/h1-6H,7-8H2. The summed E-state index contributed by atoms with van der Waals surface area (Å²) in [6, 6.07) is 7.33. The number of carbonyl (C=O) groups excluding carboxylic acids is 1. The number of rotatable bonds is 0. The summed E-state index contributed by atoms with van der Waals surface area (Å²) in [7, 11) is 0. The van der Waals surface area contributed by atoms with E-state index in [2.05, 4.69) is 0 Å². The predicted molar refractivity (Wildman–Crippen MR) is 53.8 cm³/mol. The maximum atomic E-state index is 11.9.